The Morgan fingerprint density at radius 2 is 1.53 bits per heavy atom. The first-order chi connectivity index (χ1) is 8.31. The van der Waals surface area contributed by atoms with E-state index in [-0.39, 0.29) is 18.2 Å². The molecule has 11 heteroatoms. The summed E-state index contributed by atoms with van der Waals surface area (Å²) < 4.78 is 109. The van der Waals surface area contributed by atoms with Crippen LogP contribution in [0.3, 0.4) is 0 Å². The number of rotatable bonds is 2. The van der Waals surface area contributed by atoms with E-state index >= 15 is 0 Å². The highest BCUT2D eigenvalue weighted by Crippen LogP contribution is 2.38. The predicted molar refractivity (Wildman–Crippen MR) is 46.4 cm³/mol. The molecule has 0 saturated carbocycles. The summed E-state index contributed by atoms with van der Waals surface area (Å²) in [6.07, 6.45) is -10.6. The van der Waals surface area contributed by atoms with E-state index in [2.05, 4.69) is 4.74 Å². The molecule has 0 N–H and O–H groups in total. The molecular weight excluding hydrogens is 309 g/mol. The molecule has 1 rings (SSSR count). The second-order valence-electron chi connectivity index (χ2n) is 3.14. The second-order valence-corrected chi connectivity index (χ2v) is 4.46. The lowest BCUT2D eigenvalue weighted by Crippen LogP contribution is -2.18. The maximum absolute atomic E-state index is 12.6. The van der Waals surface area contributed by atoms with Gasteiger partial charge in [0.2, 0.25) is 0 Å². The summed E-state index contributed by atoms with van der Waals surface area (Å²) in [5.74, 6) is -1.31. The van der Waals surface area contributed by atoms with Gasteiger partial charge in [0, 0.05) is 0 Å². The molecule has 108 valence electrons. The maximum atomic E-state index is 12.6. The van der Waals surface area contributed by atoms with Crippen molar-refractivity contribution in [1.82, 2.24) is 0 Å². The molecule has 0 saturated heterocycles. The van der Waals surface area contributed by atoms with E-state index in [9.17, 15) is 38.6 Å². The minimum Gasteiger partial charge on any atom is -0.406 e. The summed E-state index contributed by atoms with van der Waals surface area (Å²) in [6, 6.07) is 0.0500. The summed E-state index contributed by atoms with van der Waals surface area (Å²) in [5, 5.41) is 0. The summed E-state index contributed by atoms with van der Waals surface area (Å²) in [7, 11) is -5.73. The van der Waals surface area contributed by atoms with E-state index in [1.54, 1.807) is 0 Å². The summed E-state index contributed by atoms with van der Waals surface area (Å²) in [4.78, 5) is -1.78. The molecule has 1 aromatic rings. The Morgan fingerprint density at radius 3 is 1.89 bits per heavy atom. The number of halogens is 7. The van der Waals surface area contributed by atoms with E-state index in [1.807, 2.05) is 0 Å². The van der Waals surface area contributed by atoms with E-state index in [0.29, 0.717) is 0 Å². The standard InChI is InChI=1S/C8H3F7O3S/c9-7(10,11)5-3-4(18-8(12,13)14)1-2-6(5)19(15,16)17/h1-3H. The zero-order valence-corrected chi connectivity index (χ0v) is 9.33. The third-order valence-corrected chi connectivity index (χ3v) is 2.63. The fourth-order valence-corrected chi connectivity index (χ4v) is 1.81. The van der Waals surface area contributed by atoms with Crippen molar-refractivity contribution in [3.63, 3.8) is 0 Å². The van der Waals surface area contributed by atoms with E-state index in [4.69, 9.17) is 0 Å². The monoisotopic (exact) mass is 312 g/mol. The van der Waals surface area contributed by atoms with Crippen molar-refractivity contribution in [2.45, 2.75) is 17.4 Å². The van der Waals surface area contributed by atoms with Crippen molar-refractivity contribution in [1.29, 1.82) is 0 Å². The van der Waals surface area contributed by atoms with Crippen molar-refractivity contribution in [3.8, 4) is 5.75 Å². The molecule has 0 aliphatic rings. The van der Waals surface area contributed by atoms with Crippen LogP contribution in [0.1, 0.15) is 5.56 Å². The van der Waals surface area contributed by atoms with Gasteiger partial charge >= 0.3 is 22.8 Å². The fourth-order valence-electron chi connectivity index (χ4n) is 1.14. The largest absolute Gasteiger partial charge is 0.573 e. The Labute approximate surface area is 101 Å². The second kappa shape index (κ2) is 4.54. The van der Waals surface area contributed by atoms with Gasteiger partial charge in [-0.25, -0.2) is 0 Å². The average molecular weight is 312 g/mol. The lowest BCUT2D eigenvalue weighted by molar-refractivity contribution is -0.274. The van der Waals surface area contributed by atoms with Crippen LogP contribution < -0.4 is 4.74 Å². The van der Waals surface area contributed by atoms with Crippen molar-refractivity contribution >= 4 is 10.2 Å². The Bertz CT molecular complexity index is 573. The molecule has 0 radical (unpaired) electrons. The van der Waals surface area contributed by atoms with Gasteiger partial charge in [-0.15, -0.1) is 17.1 Å². The molecule has 0 atom stereocenters. The van der Waals surface area contributed by atoms with Gasteiger partial charge in [-0.3, -0.25) is 0 Å². The van der Waals surface area contributed by atoms with Crippen LogP contribution >= 0.6 is 0 Å². The van der Waals surface area contributed by atoms with Crippen LogP contribution in [0.2, 0.25) is 0 Å². The first kappa shape index (κ1) is 15.5. The minimum absolute atomic E-state index is 0.0409. The van der Waals surface area contributed by atoms with Crippen LogP contribution in [0, 0.1) is 0 Å². The Kier molecular flexibility index (Phi) is 3.72. The molecular formula is C8H3F7O3S. The van der Waals surface area contributed by atoms with Gasteiger partial charge in [0.1, 0.15) is 10.6 Å². The highest BCUT2D eigenvalue weighted by Gasteiger charge is 2.39. The van der Waals surface area contributed by atoms with E-state index in [0.717, 1.165) is 0 Å². The molecule has 0 aliphatic heterocycles. The number of alkyl halides is 6. The molecule has 0 heterocycles. The Morgan fingerprint density at radius 1 is 1.00 bits per heavy atom. The van der Waals surface area contributed by atoms with Gasteiger partial charge in [0.05, 0.1) is 5.56 Å². The first-order valence-corrected chi connectivity index (χ1v) is 5.61. The number of hydrogen-bond donors (Lipinski definition) is 0. The van der Waals surface area contributed by atoms with Crippen LogP contribution in [0.25, 0.3) is 0 Å². The fraction of sp³-hybridized carbons (Fsp3) is 0.250. The molecule has 19 heavy (non-hydrogen) atoms. The predicted octanol–water partition coefficient (Wildman–Crippen LogP) is 3.26. The van der Waals surface area contributed by atoms with Crippen LogP contribution in [-0.2, 0) is 16.4 Å². The van der Waals surface area contributed by atoms with Gasteiger partial charge in [-0.2, -0.15) is 21.6 Å². The normalized spacial score (nSPS) is 13.4. The molecule has 0 spiro atoms. The Hall–Kier alpha value is -1.52. The van der Waals surface area contributed by atoms with Crippen molar-refractivity contribution in [2.24, 2.45) is 0 Å². The molecule has 0 fully saturated rings. The smallest absolute Gasteiger partial charge is 0.406 e. The summed E-state index contributed by atoms with van der Waals surface area (Å²) in [5.41, 5.74) is -2.09. The number of ether oxygens (including phenoxy) is 1. The van der Waals surface area contributed by atoms with Gasteiger partial charge in [-0.05, 0) is 18.2 Å². The van der Waals surface area contributed by atoms with Crippen LogP contribution in [0.5, 0.6) is 5.75 Å². The summed E-state index contributed by atoms with van der Waals surface area (Å²) in [6.45, 7) is 0. The van der Waals surface area contributed by atoms with Crippen LogP contribution in [0.4, 0.5) is 30.2 Å². The van der Waals surface area contributed by atoms with Crippen LogP contribution in [-0.4, -0.2) is 14.8 Å². The third kappa shape index (κ3) is 4.26. The van der Waals surface area contributed by atoms with Crippen molar-refractivity contribution in [2.75, 3.05) is 0 Å². The van der Waals surface area contributed by atoms with E-state index < -0.39 is 39.0 Å². The highest BCUT2D eigenvalue weighted by molar-refractivity contribution is 7.86. The third-order valence-electron chi connectivity index (χ3n) is 1.75. The molecule has 0 bridgehead atoms. The average Bonchev–Trinajstić information content (AvgIpc) is 2.11. The number of hydrogen-bond acceptors (Lipinski definition) is 3. The molecule has 1 aromatic carbocycles. The molecule has 0 unspecified atom stereocenters. The Balaban J connectivity index is 3.41. The maximum Gasteiger partial charge on any atom is 0.573 e. The van der Waals surface area contributed by atoms with Crippen molar-refractivity contribution < 1.29 is 43.4 Å². The summed E-state index contributed by atoms with van der Waals surface area (Å²) >= 11 is 0. The lowest BCUT2D eigenvalue weighted by atomic mass is 10.2. The van der Waals surface area contributed by atoms with Gasteiger partial charge in [0.15, 0.2) is 0 Å². The highest BCUT2D eigenvalue weighted by atomic mass is 32.3. The lowest BCUT2D eigenvalue weighted by Gasteiger charge is -2.13. The minimum atomic E-state index is -5.73. The topological polar surface area (TPSA) is 43.4 Å². The van der Waals surface area contributed by atoms with E-state index in [1.165, 1.54) is 0 Å². The quantitative estimate of drug-likeness (QED) is 0.622. The van der Waals surface area contributed by atoms with Gasteiger partial charge in [0.25, 0.3) is 0 Å². The van der Waals surface area contributed by atoms with Crippen LogP contribution in [0.15, 0.2) is 23.1 Å². The SMILES string of the molecule is O=S(=O)(F)c1ccc(OC(F)(F)F)cc1C(F)(F)F. The zero-order chi connectivity index (χ0) is 15.1. The zero-order valence-electron chi connectivity index (χ0n) is 8.51. The van der Waals surface area contributed by atoms with Crippen molar-refractivity contribution in [3.05, 3.63) is 23.8 Å². The molecule has 0 amide bonds. The molecule has 0 aliphatic carbocycles. The first-order valence-electron chi connectivity index (χ1n) is 4.22. The van der Waals surface area contributed by atoms with Gasteiger partial charge < -0.3 is 4.74 Å². The number of benzene rings is 1. The molecule has 0 aromatic heterocycles. The molecule has 3 nitrogen and oxygen atoms in total. The van der Waals surface area contributed by atoms with Gasteiger partial charge in [-0.1, -0.05) is 0 Å².